The number of nitrogen functional groups attached to an aromatic ring is 1. The molecule has 0 bridgehead atoms. The molecule has 6 nitrogen and oxygen atoms in total. The van der Waals surface area contributed by atoms with E-state index < -0.39 is 12.0 Å². The number of nitrogens with zero attached hydrogens (tertiary/aromatic N) is 3. The summed E-state index contributed by atoms with van der Waals surface area (Å²) >= 11 is 0. The van der Waals surface area contributed by atoms with Crippen LogP contribution in [0.3, 0.4) is 0 Å². The molecule has 0 unspecified atom stereocenters. The summed E-state index contributed by atoms with van der Waals surface area (Å²) in [6.45, 7) is -0.131. The standard InChI is InChI=1S/C13H13FN4O2/c1-2-7-3-8(5-19)20-13(7)18-4-9(14)10-11(15)16-6-17-12(10)18/h1,4,6-8,13,19H,3,5H2,(H2,15,16,17)/t7-,8-,13+/m0/s1. The average molecular weight is 276 g/mol. The zero-order valence-electron chi connectivity index (χ0n) is 10.5. The van der Waals surface area contributed by atoms with E-state index >= 15 is 0 Å². The van der Waals surface area contributed by atoms with Crippen LogP contribution in [-0.2, 0) is 4.74 Å². The van der Waals surface area contributed by atoms with Crippen molar-refractivity contribution >= 4 is 16.9 Å². The van der Waals surface area contributed by atoms with Crippen molar-refractivity contribution in [2.24, 2.45) is 5.92 Å². The molecule has 1 aliphatic heterocycles. The van der Waals surface area contributed by atoms with E-state index in [0.29, 0.717) is 12.1 Å². The number of fused-ring (bicyclic) bond motifs is 1. The molecule has 1 fully saturated rings. The lowest BCUT2D eigenvalue weighted by atomic mass is 10.0. The molecule has 0 aromatic carbocycles. The summed E-state index contributed by atoms with van der Waals surface area (Å²) in [5, 5.41) is 9.34. The summed E-state index contributed by atoms with van der Waals surface area (Å²) in [5.41, 5.74) is 6.00. The number of ether oxygens (including phenoxy) is 1. The Labute approximate surface area is 114 Å². The van der Waals surface area contributed by atoms with E-state index in [1.807, 2.05) is 0 Å². The number of halogens is 1. The van der Waals surface area contributed by atoms with Gasteiger partial charge < -0.3 is 20.1 Å². The molecule has 3 heterocycles. The molecule has 3 rings (SSSR count). The van der Waals surface area contributed by atoms with Gasteiger partial charge in [-0.05, 0) is 6.42 Å². The van der Waals surface area contributed by atoms with Crippen molar-refractivity contribution in [1.82, 2.24) is 14.5 Å². The number of nitrogens with two attached hydrogens (primary N) is 1. The van der Waals surface area contributed by atoms with Crippen LogP contribution in [0.1, 0.15) is 12.6 Å². The number of anilines is 1. The predicted molar refractivity (Wildman–Crippen MR) is 69.8 cm³/mol. The van der Waals surface area contributed by atoms with Crippen molar-refractivity contribution in [1.29, 1.82) is 0 Å². The quantitative estimate of drug-likeness (QED) is 0.788. The number of aliphatic hydroxyl groups is 1. The van der Waals surface area contributed by atoms with Gasteiger partial charge in [0.15, 0.2) is 11.5 Å². The third-order valence-electron chi connectivity index (χ3n) is 3.48. The molecular formula is C13H13FN4O2. The molecule has 1 saturated heterocycles. The van der Waals surface area contributed by atoms with Gasteiger partial charge in [0.1, 0.15) is 18.4 Å². The summed E-state index contributed by atoms with van der Waals surface area (Å²) in [5.74, 6) is 1.89. The van der Waals surface area contributed by atoms with Crippen molar-refractivity contribution in [3.63, 3.8) is 0 Å². The van der Waals surface area contributed by atoms with Gasteiger partial charge in [-0.1, -0.05) is 5.92 Å². The number of aliphatic hydroxyl groups excluding tert-OH is 1. The van der Waals surface area contributed by atoms with Gasteiger partial charge in [0, 0.05) is 6.20 Å². The van der Waals surface area contributed by atoms with Crippen LogP contribution in [0, 0.1) is 24.1 Å². The maximum Gasteiger partial charge on any atom is 0.154 e. The third kappa shape index (κ3) is 1.81. The molecule has 0 radical (unpaired) electrons. The fourth-order valence-electron chi connectivity index (χ4n) is 2.53. The second-order valence-corrected chi connectivity index (χ2v) is 4.68. The fourth-order valence-corrected chi connectivity index (χ4v) is 2.53. The molecule has 0 saturated carbocycles. The minimum absolute atomic E-state index is 0.0696. The first kappa shape index (κ1) is 12.8. The van der Waals surface area contributed by atoms with Gasteiger partial charge in [0.2, 0.25) is 0 Å². The van der Waals surface area contributed by atoms with E-state index in [1.165, 1.54) is 17.1 Å². The van der Waals surface area contributed by atoms with E-state index in [0.717, 1.165) is 0 Å². The van der Waals surface area contributed by atoms with Crippen molar-refractivity contribution in [2.45, 2.75) is 18.8 Å². The molecular weight excluding hydrogens is 263 g/mol. The van der Waals surface area contributed by atoms with Gasteiger partial charge in [0.05, 0.1) is 24.0 Å². The van der Waals surface area contributed by atoms with Crippen molar-refractivity contribution in [3.05, 3.63) is 18.3 Å². The zero-order chi connectivity index (χ0) is 14.3. The molecule has 3 atom stereocenters. The molecule has 20 heavy (non-hydrogen) atoms. The van der Waals surface area contributed by atoms with E-state index in [-0.39, 0.29) is 29.8 Å². The Morgan fingerprint density at radius 1 is 1.60 bits per heavy atom. The van der Waals surface area contributed by atoms with Gasteiger partial charge in [0.25, 0.3) is 0 Å². The zero-order valence-corrected chi connectivity index (χ0v) is 10.5. The summed E-state index contributed by atoms with van der Waals surface area (Å²) < 4.78 is 21.2. The molecule has 3 N–H and O–H groups in total. The Morgan fingerprint density at radius 2 is 2.40 bits per heavy atom. The van der Waals surface area contributed by atoms with Gasteiger partial charge in [-0.3, -0.25) is 0 Å². The monoisotopic (exact) mass is 276 g/mol. The van der Waals surface area contributed by atoms with Crippen molar-refractivity contribution < 1.29 is 14.2 Å². The Morgan fingerprint density at radius 3 is 3.10 bits per heavy atom. The lowest BCUT2D eigenvalue weighted by Gasteiger charge is -2.17. The van der Waals surface area contributed by atoms with Crippen LogP contribution in [0.15, 0.2) is 12.5 Å². The summed E-state index contributed by atoms with van der Waals surface area (Å²) in [6.07, 6.45) is 7.58. The molecule has 104 valence electrons. The molecule has 2 aromatic rings. The van der Waals surface area contributed by atoms with Gasteiger partial charge in [-0.25, -0.2) is 14.4 Å². The number of rotatable bonds is 2. The highest BCUT2D eigenvalue weighted by Gasteiger charge is 2.36. The fraction of sp³-hybridized carbons (Fsp3) is 0.385. The van der Waals surface area contributed by atoms with Crippen LogP contribution in [0.4, 0.5) is 10.2 Å². The summed E-state index contributed by atoms with van der Waals surface area (Å²) in [7, 11) is 0. The molecule has 0 spiro atoms. The number of hydrogen-bond acceptors (Lipinski definition) is 5. The molecule has 0 aliphatic carbocycles. The minimum Gasteiger partial charge on any atom is -0.394 e. The van der Waals surface area contributed by atoms with Crippen LogP contribution in [0.25, 0.3) is 11.0 Å². The number of hydrogen-bond donors (Lipinski definition) is 2. The lowest BCUT2D eigenvalue weighted by Crippen LogP contribution is -2.16. The van der Waals surface area contributed by atoms with Gasteiger partial charge >= 0.3 is 0 Å². The van der Waals surface area contributed by atoms with Crippen LogP contribution in [0.5, 0.6) is 0 Å². The van der Waals surface area contributed by atoms with Crippen LogP contribution in [0.2, 0.25) is 0 Å². The van der Waals surface area contributed by atoms with E-state index in [2.05, 4.69) is 15.9 Å². The maximum atomic E-state index is 14.0. The molecule has 1 aliphatic rings. The number of terminal acetylenes is 1. The van der Waals surface area contributed by atoms with E-state index in [9.17, 15) is 9.50 Å². The van der Waals surface area contributed by atoms with E-state index in [1.54, 1.807) is 0 Å². The summed E-state index contributed by atoms with van der Waals surface area (Å²) in [4.78, 5) is 7.82. The Hall–Kier alpha value is -2.17. The topological polar surface area (TPSA) is 86.2 Å². The molecule has 0 amide bonds. The van der Waals surface area contributed by atoms with Crippen molar-refractivity contribution in [3.8, 4) is 12.3 Å². The normalized spacial score (nSPS) is 25.9. The second kappa shape index (κ2) is 4.74. The minimum atomic E-state index is -0.571. The highest BCUT2D eigenvalue weighted by molar-refractivity contribution is 5.86. The molecule has 2 aromatic heterocycles. The highest BCUT2D eigenvalue weighted by atomic mass is 19.1. The van der Waals surface area contributed by atoms with Crippen LogP contribution >= 0.6 is 0 Å². The van der Waals surface area contributed by atoms with Crippen LogP contribution in [-0.4, -0.2) is 32.4 Å². The number of aromatic nitrogens is 3. The first-order chi connectivity index (χ1) is 9.65. The van der Waals surface area contributed by atoms with Gasteiger partial charge in [-0.2, -0.15) is 0 Å². The second-order valence-electron chi connectivity index (χ2n) is 4.68. The smallest absolute Gasteiger partial charge is 0.154 e. The first-order valence-electron chi connectivity index (χ1n) is 6.14. The summed E-state index contributed by atoms with van der Waals surface area (Å²) in [6, 6.07) is 0. The Balaban J connectivity index is 2.11. The first-order valence-corrected chi connectivity index (χ1v) is 6.14. The SMILES string of the molecule is C#C[C@H]1C[C@@H](CO)O[C@H]1n1cc(F)c2c(N)ncnc21. The Bertz CT molecular complexity index is 693. The van der Waals surface area contributed by atoms with E-state index in [4.69, 9.17) is 16.9 Å². The highest BCUT2D eigenvalue weighted by Crippen LogP contribution is 2.37. The predicted octanol–water partition coefficient (Wildman–Crippen LogP) is 0.682. The van der Waals surface area contributed by atoms with Crippen molar-refractivity contribution in [2.75, 3.05) is 12.3 Å². The average Bonchev–Trinajstić information content (AvgIpc) is 3.00. The third-order valence-corrected chi connectivity index (χ3v) is 3.48. The largest absolute Gasteiger partial charge is 0.394 e. The Kier molecular flexibility index (Phi) is 3.04. The maximum absolute atomic E-state index is 14.0. The van der Waals surface area contributed by atoms with Crippen LogP contribution < -0.4 is 5.73 Å². The van der Waals surface area contributed by atoms with Gasteiger partial charge in [-0.15, -0.1) is 6.42 Å². The lowest BCUT2D eigenvalue weighted by molar-refractivity contribution is -0.0262. The molecule has 7 heteroatoms.